The topological polar surface area (TPSA) is 75.6 Å². The Balaban J connectivity index is 1.68. The third-order valence-electron chi connectivity index (χ3n) is 3.04. The van der Waals surface area contributed by atoms with Crippen molar-refractivity contribution < 1.29 is 19.4 Å². The number of hydrogen-bond donors (Lipinski definition) is 2. The van der Waals surface area contributed by atoms with E-state index in [1.807, 2.05) is 0 Å². The van der Waals surface area contributed by atoms with Gasteiger partial charge in [0.25, 0.3) is 5.91 Å². The molecule has 2 N–H and O–H groups in total. The van der Waals surface area contributed by atoms with Gasteiger partial charge in [-0.05, 0) is 37.1 Å². The summed E-state index contributed by atoms with van der Waals surface area (Å²) in [6.45, 7) is -0.0874. The van der Waals surface area contributed by atoms with Crippen LogP contribution in [0, 0.1) is 5.92 Å². The van der Waals surface area contributed by atoms with Crippen molar-refractivity contribution in [2.24, 2.45) is 5.92 Å². The highest BCUT2D eigenvalue weighted by atomic mass is 35.5. The summed E-state index contributed by atoms with van der Waals surface area (Å²) in [4.78, 5) is 22.2. The molecule has 0 aromatic heterocycles. The van der Waals surface area contributed by atoms with Crippen LogP contribution in [-0.4, -0.2) is 29.6 Å². The molecule has 0 unspecified atom stereocenters. The normalized spacial score (nSPS) is 21.3. The number of carboxylic acids is 1. The number of carbonyl (C=O) groups is 2. The fraction of sp³-hybridized carbons (Fsp3) is 0.385. The molecule has 0 bridgehead atoms. The first-order valence-corrected chi connectivity index (χ1v) is 6.33. The second-order valence-electron chi connectivity index (χ2n) is 4.51. The number of benzene rings is 1. The molecular weight excluding hydrogens is 270 g/mol. The molecule has 5 nitrogen and oxygen atoms in total. The molecule has 0 heterocycles. The number of carboxylic acid groups (broad SMARTS) is 1. The quantitative estimate of drug-likeness (QED) is 0.862. The van der Waals surface area contributed by atoms with E-state index in [1.54, 1.807) is 24.3 Å². The fourth-order valence-corrected chi connectivity index (χ4v) is 2.01. The van der Waals surface area contributed by atoms with Crippen molar-refractivity contribution in [1.29, 1.82) is 0 Å². The lowest BCUT2D eigenvalue weighted by atomic mass is 9.80. The Hall–Kier alpha value is -1.75. The summed E-state index contributed by atoms with van der Waals surface area (Å²) in [5.41, 5.74) is 0. The zero-order valence-corrected chi connectivity index (χ0v) is 10.9. The standard InChI is InChI=1S/C13H14ClNO4/c14-9-1-3-11(4-2-9)19-7-12(16)15-10-5-8(6-10)13(17)18/h1-4,8,10H,5-7H2,(H,15,16)(H,17,18). The minimum Gasteiger partial charge on any atom is -0.484 e. The molecule has 19 heavy (non-hydrogen) atoms. The molecule has 0 aliphatic heterocycles. The predicted octanol–water partition coefficient (Wildman–Crippen LogP) is 1.70. The number of hydrogen-bond acceptors (Lipinski definition) is 3. The lowest BCUT2D eigenvalue weighted by Crippen LogP contribution is -2.48. The number of halogens is 1. The van der Waals surface area contributed by atoms with E-state index in [9.17, 15) is 9.59 Å². The van der Waals surface area contributed by atoms with Gasteiger partial charge in [0.05, 0.1) is 5.92 Å². The van der Waals surface area contributed by atoms with E-state index in [1.165, 1.54) is 0 Å². The Labute approximate surface area is 115 Å². The first-order chi connectivity index (χ1) is 9.04. The Morgan fingerprint density at radius 1 is 1.32 bits per heavy atom. The third-order valence-corrected chi connectivity index (χ3v) is 3.29. The van der Waals surface area contributed by atoms with E-state index in [4.69, 9.17) is 21.4 Å². The molecule has 0 spiro atoms. The zero-order valence-electron chi connectivity index (χ0n) is 10.1. The molecule has 1 aromatic rings. The maximum atomic E-state index is 11.6. The molecule has 1 saturated carbocycles. The summed E-state index contributed by atoms with van der Waals surface area (Å²) in [6.07, 6.45) is 0.976. The van der Waals surface area contributed by atoms with Crippen LogP contribution in [0.1, 0.15) is 12.8 Å². The van der Waals surface area contributed by atoms with Crippen LogP contribution in [-0.2, 0) is 9.59 Å². The van der Waals surface area contributed by atoms with Crippen LogP contribution >= 0.6 is 11.6 Å². The number of amides is 1. The van der Waals surface area contributed by atoms with Gasteiger partial charge in [0.1, 0.15) is 5.75 Å². The lowest BCUT2D eigenvalue weighted by molar-refractivity contribution is -0.146. The highest BCUT2D eigenvalue weighted by Crippen LogP contribution is 2.27. The van der Waals surface area contributed by atoms with Crippen molar-refractivity contribution in [2.45, 2.75) is 18.9 Å². The van der Waals surface area contributed by atoms with Gasteiger partial charge in [-0.1, -0.05) is 11.6 Å². The van der Waals surface area contributed by atoms with E-state index >= 15 is 0 Å². The van der Waals surface area contributed by atoms with Gasteiger partial charge >= 0.3 is 5.97 Å². The smallest absolute Gasteiger partial charge is 0.306 e. The van der Waals surface area contributed by atoms with Crippen molar-refractivity contribution in [1.82, 2.24) is 5.32 Å². The van der Waals surface area contributed by atoms with E-state index in [-0.39, 0.29) is 24.5 Å². The van der Waals surface area contributed by atoms with Crippen LogP contribution in [0.15, 0.2) is 24.3 Å². The highest BCUT2D eigenvalue weighted by molar-refractivity contribution is 6.30. The predicted molar refractivity (Wildman–Crippen MR) is 69.2 cm³/mol. The second-order valence-corrected chi connectivity index (χ2v) is 4.95. The Kier molecular flexibility index (Phi) is 4.27. The molecule has 0 atom stereocenters. The summed E-state index contributed by atoms with van der Waals surface area (Å²) in [5, 5.41) is 12.0. The molecule has 0 saturated heterocycles. The molecule has 1 fully saturated rings. The molecule has 1 aromatic carbocycles. The van der Waals surface area contributed by atoms with Crippen molar-refractivity contribution >= 4 is 23.5 Å². The summed E-state index contributed by atoms with van der Waals surface area (Å²) >= 11 is 5.73. The van der Waals surface area contributed by atoms with Crippen LogP contribution < -0.4 is 10.1 Å². The van der Waals surface area contributed by atoms with Crippen LogP contribution in [0.3, 0.4) is 0 Å². The monoisotopic (exact) mass is 283 g/mol. The van der Waals surface area contributed by atoms with E-state index in [0.29, 0.717) is 23.6 Å². The number of aliphatic carboxylic acids is 1. The summed E-state index contributed by atoms with van der Waals surface area (Å²) in [6, 6.07) is 6.66. The first-order valence-electron chi connectivity index (χ1n) is 5.95. The number of rotatable bonds is 5. The van der Waals surface area contributed by atoms with Gasteiger partial charge in [0.2, 0.25) is 0 Å². The fourth-order valence-electron chi connectivity index (χ4n) is 1.89. The van der Waals surface area contributed by atoms with Crippen molar-refractivity contribution in [2.75, 3.05) is 6.61 Å². The summed E-state index contributed by atoms with van der Waals surface area (Å²) in [5.74, 6) is -0.814. The average molecular weight is 284 g/mol. The Bertz CT molecular complexity index is 468. The van der Waals surface area contributed by atoms with Gasteiger partial charge in [-0.15, -0.1) is 0 Å². The van der Waals surface area contributed by atoms with Gasteiger partial charge in [-0.3, -0.25) is 9.59 Å². The zero-order chi connectivity index (χ0) is 13.8. The van der Waals surface area contributed by atoms with E-state index in [0.717, 1.165) is 0 Å². The molecule has 0 radical (unpaired) electrons. The van der Waals surface area contributed by atoms with Gasteiger partial charge < -0.3 is 15.2 Å². The Morgan fingerprint density at radius 2 is 1.95 bits per heavy atom. The van der Waals surface area contributed by atoms with Crippen molar-refractivity contribution in [3.05, 3.63) is 29.3 Å². The molecular formula is C13H14ClNO4. The SMILES string of the molecule is O=C(COc1ccc(Cl)cc1)NC1CC(C(=O)O)C1. The maximum Gasteiger partial charge on any atom is 0.306 e. The minimum absolute atomic E-state index is 0.0533. The van der Waals surface area contributed by atoms with Crippen molar-refractivity contribution in [3.8, 4) is 5.75 Å². The number of carbonyl (C=O) groups excluding carboxylic acids is 1. The minimum atomic E-state index is -0.803. The molecule has 2 rings (SSSR count). The second kappa shape index (κ2) is 5.93. The molecule has 1 aliphatic rings. The van der Waals surface area contributed by atoms with E-state index < -0.39 is 5.97 Å². The first kappa shape index (κ1) is 13.7. The van der Waals surface area contributed by atoms with Crippen LogP contribution in [0.4, 0.5) is 0 Å². The van der Waals surface area contributed by atoms with Crippen molar-refractivity contribution in [3.63, 3.8) is 0 Å². The van der Waals surface area contributed by atoms with Gasteiger partial charge in [-0.25, -0.2) is 0 Å². The van der Waals surface area contributed by atoms with Crippen LogP contribution in [0.25, 0.3) is 0 Å². The molecule has 6 heteroatoms. The van der Waals surface area contributed by atoms with Gasteiger partial charge in [0, 0.05) is 11.1 Å². The lowest BCUT2D eigenvalue weighted by Gasteiger charge is -2.32. The number of ether oxygens (including phenoxy) is 1. The summed E-state index contributed by atoms with van der Waals surface area (Å²) in [7, 11) is 0. The van der Waals surface area contributed by atoms with Gasteiger partial charge in [-0.2, -0.15) is 0 Å². The Morgan fingerprint density at radius 3 is 2.53 bits per heavy atom. The summed E-state index contributed by atoms with van der Waals surface area (Å²) < 4.78 is 5.28. The van der Waals surface area contributed by atoms with Gasteiger partial charge in [0.15, 0.2) is 6.61 Å². The van der Waals surface area contributed by atoms with Crippen LogP contribution in [0.2, 0.25) is 5.02 Å². The average Bonchev–Trinajstić information content (AvgIpc) is 2.32. The maximum absolute atomic E-state index is 11.6. The highest BCUT2D eigenvalue weighted by Gasteiger charge is 2.35. The molecule has 102 valence electrons. The third kappa shape index (κ3) is 3.86. The number of nitrogens with one attached hydrogen (secondary N) is 1. The molecule has 1 amide bonds. The molecule has 1 aliphatic carbocycles. The largest absolute Gasteiger partial charge is 0.484 e. The van der Waals surface area contributed by atoms with Crippen LogP contribution in [0.5, 0.6) is 5.75 Å². The van der Waals surface area contributed by atoms with E-state index in [2.05, 4.69) is 5.32 Å².